The van der Waals surface area contributed by atoms with E-state index in [0.29, 0.717) is 30.0 Å². The van der Waals surface area contributed by atoms with Crippen LogP contribution in [0.2, 0.25) is 0 Å². The molecule has 0 fully saturated rings. The summed E-state index contributed by atoms with van der Waals surface area (Å²) in [6.45, 7) is 3.09. The normalized spacial score (nSPS) is 15.9. The summed E-state index contributed by atoms with van der Waals surface area (Å²) in [6, 6.07) is 11.3. The number of rotatable bonds is 5. The molecule has 1 amide bonds. The number of nitrogens with one attached hydrogen (secondary N) is 1. The number of imidazole rings is 1. The summed E-state index contributed by atoms with van der Waals surface area (Å²) in [6.07, 6.45) is 0. The van der Waals surface area contributed by atoms with Crippen LogP contribution in [0.4, 0.5) is 14.5 Å². The monoisotopic (exact) mass is 489 g/mol. The van der Waals surface area contributed by atoms with Crippen LogP contribution in [-0.2, 0) is 11.3 Å². The highest BCUT2D eigenvalue weighted by atomic mass is 35.5. The molecule has 3 heterocycles. The van der Waals surface area contributed by atoms with Crippen LogP contribution in [-0.4, -0.2) is 27.6 Å². The summed E-state index contributed by atoms with van der Waals surface area (Å²) in [4.78, 5) is 17.8. The van der Waals surface area contributed by atoms with E-state index in [0.717, 1.165) is 22.5 Å². The smallest absolute Gasteiger partial charge is 0.420 e. The molecule has 0 saturated carbocycles. The minimum absolute atomic E-state index is 0.117. The minimum Gasteiger partial charge on any atom is -0.420 e. The van der Waals surface area contributed by atoms with Crippen LogP contribution >= 0.6 is 22.9 Å². The molecule has 4 aromatic rings. The van der Waals surface area contributed by atoms with Crippen LogP contribution in [0.5, 0.6) is 5.75 Å². The van der Waals surface area contributed by atoms with E-state index in [-0.39, 0.29) is 17.7 Å². The maximum atomic E-state index is 13.1. The number of benzene rings is 2. The number of aromatic nitrogens is 2. The van der Waals surface area contributed by atoms with Gasteiger partial charge in [-0.25, -0.2) is 4.98 Å². The van der Waals surface area contributed by atoms with E-state index in [4.69, 9.17) is 21.3 Å². The molecule has 1 aliphatic heterocycles. The molecule has 2 aromatic carbocycles. The van der Waals surface area contributed by atoms with Gasteiger partial charge in [0.25, 0.3) is 5.91 Å². The summed E-state index contributed by atoms with van der Waals surface area (Å²) in [5.41, 5.74) is 0.659. The maximum Gasteiger partial charge on any atom is 0.487 e. The van der Waals surface area contributed by atoms with Gasteiger partial charge in [-0.15, -0.1) is 8.78 Å². The number of anilines is 1. The number of amides is 1. The van der Waals surface area contributed by atoms with E-state index in [1.807, 2.05) is 22.9 Å². The highest BCUT2D eigenvalue weighted by Gasteiger charge is 2.28. The van der Waals surface area contributed by atoms with Crippen LogP contribution in [0.15, 0.2) is 53.2 Å². The minimum atomic E-state index is -3.80. The van der Waals surface area contributed by atoms with Crippen LogP contribution in [0.3, 0.4) is 0 Å². The molecule has 0 radical (unpaired) electrons. The zero-order valence-corrected chi connectivity index (χ0v) is 18.9. The van der Waals surface area contributed by atoms with Crippen molar-refractivity contribution in [2.75, 3.05) is 11.9 Å². The van der Waals surface area contributed by atoms with Crippen LogP contribution in [0.25, 0.3) is 22.2 Å². The zero-order chi connectivity index (χ0) is 23.2. The quantitative estimate of drug-likeness (QED) is 0.335. The predicted octanol–water partition coefficient (Wildman–Crippen LogP) is 6.28. The number of thiophene rings is 1. The third-order valence-electron chi connectivity index (χ3n) is 5.33. The van der Waals surface area contributed by atoms with E-state index in [9.17, 15) is 13.6 Å². The SMILES string of the molecule is C[C@@H]1COCc2nc3cc(C(=O)Nc4ccc(OC(F)(F)Cl)cc4)cc(-c4ccsc4)c3n21. The lowest BCUT2D eigenvalue weighted by molar-refractivity contribution is -0.0964. The van der Waals surface area contributed by atoms with E-state index < -0.39 is 5.57 Å². The maximum absolute atomic E-state index is 13.1. The molecule has 1 N–H and O–H groups in total. The number of alkyl halides is 3. The van der Waals surface area contributed by atoms with Gasteiger partial charge in [-0.3, -0.25) is 4.79 Å². The van der Waals surface area contributed by atoms with E-state index in [1.165, 1.54) is 24.3 Å². The topological polar surface area (TPSA) is 65.4 Å². The van der Waals surface area contributed by atoms with Crippen LogP contribution < -0.4 is 10.1 Å². The second kappa shape index (κ2) is 8.40. The number of carbonyl (C=O) groups excluding carboxylic acids is 1. The number of nitrogens with zero attached hydrogens (tertiary/aromatic N) is 2. The Balaban J connectivity index is 1.50. The molecule has 0 saturated heterocycles. The van der Waals surface area contributed by atoms with Gasteiger partial charge in [-0.1, -0.05) is 0 Å². The van der Waals surface area contributed by atoms with Crippen molar-refractivity contribution >= 4 is 45.6 Å². The summed E-state index contributed by atoms with van der Waals surface area (Å²) in [5, 5.41) is 6.81. The van der Waals surface area contributed by atoms with Crippen molar-refractivity contribution in [1.29, 1.82) is 0 Å². The first-order valence-corrected chi connectivity index (χ1v) is 11.4. The average molecular weight is 490 g/mol. The van der Waals surface area contributed by atoms with Crippen molar-refractivity contribution in [1.82, 2.24) is 9.55 Å². The van der Waals surface area contributed by atoms with Crippen LogP contribution in [0.1, 0.15) is 29.1 Å². The summed E-state index contributed by atoms with van der Waals surface area (Å²) in [5.74, 6) is 0.360. The van der Waals surface area contributed by atoms with Crippen molar-refractivity contribution in [2.45, 2.75) is 25.1 Å². The Labute approximate surface area is 196 Å². The molecule has 0 bridgehead atoms. The molecular weight excluding hydrogens is 472 g/mol. The first-order chi connectivity index (χ1) is 15.8. The van der Waals surface area contributed by atoms with Gasteiger partial charge >= 0.3 is 5.57 Å². The van der Waals surface area contributed by atoms with Crippen molar-refractivity contribution in [3.63, 3.8) is 0 Å². The van der Waals surface area contributed by atoms with Crippen molar-refractivity contribution < 1.29 is 23.0 Å². The number of fused-ring (bicyclic) bond motifs is 3. The fourth-order valence-corrected chi connectivity index (χ4v) is 4.71. The lowest BCUT2D eigenvalue weighted by Gasteiger charge is -2.23. The van der Waals surface area contributed by atoms with Gasteiger partial charge in [0.05, 0.1) is 23.7 Å². The molecule has 0 unspecified atom stereocenters. The Morgan fingerprint density at radius 2 is 2.09 bits per heavy atom. The summed E-state index contributed by atoms with van der Waals surface area (Å²) < 4.78 is 37.7. The number of hydrogen-bond acceptors (Lipinski definition) is 5. The van der Waals surface area contributed by atoms with Crippen molar-refractivity contribution in [2.24, 2.45) is 0 Å². The van der Waals surface area contributed by atoms with Gasteiger partial charge in [0.2, 0.25) is 0 Å². The fraction of sp³-hybridized carbons (Fsp3) is 0.217. The summed E-state index contributed by atoms with van der Waals surface area (Å²) in [7, 11) is 0. The molecule has 2 aromatic heterocycles. The van der Waals surface area contributed by atoms with Gasteiger partial charge < -0.3 is 19.4 Å². The molecule has 0 aliphatic carbocycles. The molecule has 10 heteroatoms. The number of hydrogen-bond donors (Lipinski definition) is 1. The lowest BCUT2D eigenvalue weighted by atomic mass is 10.0. The van der Waals surface area contributed by atoms with Gasteiger partial charge in [0.1, 0.15) is 18.2 Å². The predicted molar refractivity (Wildman–Crippen MR) is 123 cm³/mol. The van der Waals surface area contributed by atoms with Crippen LogP contribution in [0, 0.1) is 0 Å². The molecular formula is C23H18ClF2N3O3S. The standard InChI is InChI=1S/C23H18ClF2N3O3S/c1-13-10-31-11-20-28-19-9-15(8-18(21(19)29(13)20)14-6-7-33-12-14)22(30)27-16-2-4-17(5-3-16)32-23(24,25)26/h2-9,12-13H,10-11H2,1H3,(H,27,30)/t13-/m1/s1. The molecule has 170 valence electrons. The van der Waals surface area contributed by atoms with Crippen molar-refractivity contribution in [3.8, 4) is 16.9 Å². The lowest BCUT2D eigenvalue weighted by Crippen LogP contribution is -2.21. The van der Waals surface area contributed by atoms with Gasteiger partial charge in [-0.05, 0) is 65.7 Å². The molecule has 1 aliphatic rings. The zero-order valence-electron chi connectivity index (χ0n) is 17.3. The highest BCUT2D eigenvalue weighted by Crippen LogP contribution is 2.36. The molecule has 1 atom stereocenters. The molecule has 33 heavy (non-hydrogen) atoms. The third-order valence-corrected chi connectivity index (χ3v) is 6.09. The molecule has 0 spiro atoms. The molecule has 6 nitrogen and oxygen atoms in total. The van der Waals surface area contributed by atoms with E-state index >= 15 is 0 Å². The Kier molecular flexibility index (Phi) is 5.55. The molecule has 5 rings (SSSR count). The first kappa shape index (κ1) is 21.8. The van der Waals surface area contributed by atoms with E-state index in [2.05, 4.69) is 21.5 Å². The van der Waals surface area contributed by atoms with Gasteiger partial charge in [-0.2, -0.15) is 11.3 Å². The second-order valence-electron chi connectivity index (χ2n) is 7.69. The number of halogens is 3. The summed E-state index contributed by atoms with van der Waals surface area (Å²) >= 11 is 6.36. The Morgan fingerprint density at radius 1 is 1.30 bits per heavy atom. The van der Waals surface area contributed by atoms with E-state index in [1.54, 1.807) is 17.4 Å². The Bertz CT molecular complexity index is 1320. The first-order valence-electron chi connectivity index (χ1n) is 10.1. The fourth-order valence-electron chi connectivity index (χ4n) is 3.96. The van der Waals surface area contributed by atoms with Gasteiger partial charge in [0.15, 0.2) is 0 Å². The average Bonchev–Trinajstić information content (AvgIpc) is 3.41. The second-order valence-corrected chi connectivity index (χ2v) is 8.91. The Hall–Kier alpha value is -3.01. The third kappa shape index (κ3) is 4.44. The van der Waals surface area contributed by atoms with Gasteiger partial charge in [0, 0.05) is 28.4 Å². The number of ether oxygens (including phenoxy) is 2. The van der Waals surface area contributed by atoms with Crippen molar-refractivity contribution in [3.05, 3.63) is 64.6 Å². The largest absolute Gasteiger partial charge is 0.487 e. The Morgan fingerprint density at radius 3 is 2.79 bits per heavy atom. The highest BCUT2D eigenvalue weighted by molar-refractivity contribution is 7.08. The number of carbonyl (C=O) groups is 1.